The number of carbonyl (C=O) groups is 2. The number of ether oxygens (including phenoxy) is 4. The third-order valence-corrected chi connectivity index (χ3v) is 2.53. The van der Waals surface area contributed by atoms with Crippen molar-refractivity contribution in [1.29, 1.82) is 0 Å². The zero-order valence-corrected chi connectivity index (χ0v) is 12.8. The molecule has 0 unspecified atom stereocenters. The van der Waals surface area contributed by atoms with Gasteiger partial charge in [-0.2, -0.15) is 0 Å². The number of nitrogens with one attached hydrogen (secondary N) is 2. The Morgan fingerprint density at radius 1 is 1.14 bits per heavy atom. The molecule has 0 aromatic heterocycles. The molecule has 1 rings (SSSR count). The van der Waals surface area contributed by atoms with Gasteiger partial charge in [0.15, 0.2) is 6.29 Å². The van der Waals surface area contributed by atoms with Gasteiger partial charge >= 0.3 is 12.2 Å². The van der Waals surface area contributed by atoms with Gasteiger partial charge in [0, 0.05) is 19.9 Å². The highest BCUT2D eigenvalue weighted by molar-refractivity contribution is 5.89. The van der Waals surface area contributed by atoms with Crippen LogP contribution in [0.4, 0.5) is 15.3 Å². The summed E-state index contributed by atoms with van der Waals surface area (Å²) in [6.07, 6.45) is -1.28. The number of urea groups is 1. The molecule has 0 saturated heterocycles. The molecule has 0 aliphatic rings. The molecule has 0 radical (unpaired) electrons. The molecule has 8 nitrogen and oxygen atoms in total. The van der Waals surface area contributed by atoms with Crippen LogP contribution in [0.2, 0.25) is 0 Å². The van der Waals surface area contributed by atoms with E-state index in [2.05, 4.69) is 15.4 Å². The number of anilines is 1. The highest BCUT2D eigenvalue weighted by Crippen LogP contribution is 2.16. The maximum Gasteiger partial charge on any atom is 0.513 e. The van der Waals surface area contributed by atoms with Gasteiger partial charge in [0.05, 0.1) is 13.2 Å². The second kappa shape index (κ2) is 9.59. The average molecular weight is 312 g/mol. The summed E-state index contributed by atoms with van der Waals surface area (Å²) in [5.74, 6) is 0.322. The minimum atomic E-state index is -0.772. The maximum atomic E-state index is 11.7. The quantitative estimate of drug-likeness (QED) is 0.454. The summed E-state index contributed by atoms with van der Waals surface area (Å²) < 4.78 is 19.4. The van der Waals surface area contributed by atoms with E-state index in [4.69, 9.17) is 14.2 Å². The van der Waals surface area contributed by atoms with Crippen molar-refractivity contribution in [3.05, 3.63) is 24.3 Å². The van der Waals surface area contributed by atoms with Crippen molar-refractivity contribution in [3.63, 3.8) is 0 Å². The fraction of sp³-hybridized carbons (Fsp3) is 0.429. The van der Waals surface area contributed by atoms with E-state index in [1.165, 1.54) is 14.2 Å². The first-order chi connectivity index (χ1) is 10.6. The molecule has 0 aliphatic carbocycles. The van der Waals surface area contributed by atoms with Gasteiger partial charge in [-0.05, 0) is 31.2 Å². The smallest absolute Gasteiger partial charge is 0.434 e. The number of carbonyl (C=O) groups excluding carboxylic acids is 2. The van der Waals surface area contributed by atoms with Crippen LogP contribution in [0.5, 0.6) is 5.75 Å². The fourth-order valence-corrected chi connectivity index (χ4v) is 1.46. The fourth-order valence-electron chi connectivity index (χ4n) is 1.46. The van der Waals surface area contributed by atoms with Gasteiger partial charge in [0.25, 0.3) is 0 Å². The van der Waals surface area contributed by atoms with E-state index in [9.17, 15) is 9.59 Å². The molecule has 0 fully saturated rings. The summed E-state index contributed by atoms with van der Waals surface area (Å²) in [6.45, 7) is 2.14. The van der Waals surface area contributed by atoms with Crippen LogP contribution in [-0.2, 0) is 14.2 Å². The lowest BCUT2D eigenvalue weighted by Gasteiger charge is -2.14. The molecular weight excluding hydrogens is 292 g/mol. The van der Waals surface area contributed by atoms with E-state index in [1.807, 2.05) is 0 Å². The zero-order chi connectivity index (χ0) is 16.4. The molecule has 2 N–H and O–H groups in total. The molecule has 0 aliphatic heterocycles. The van der Waals surface area contributed by atoms with E-state index >= 15 is 0 Å². The average Bonchev–Trinajstić information content (AvgIpc) is 2.50. The van der Waals surface area contributed by atoms with Crippen LogP contribution in [-0.4, -0.2) is 45.8 Å². The zero-order valence-electron chi connectivity index (χ0n) is 12.8. The van der Waals surface area contributed by atoms with E-state index in [-0.39, 0.29) is 13.2 Å². The summed E-state index contributed by atoms with van der Waals surface area (Å²) in [6, 6.07) is 5.87. The standard InChI is InChI=1S/C14H20N2O6/c1-4-21-14(18)22-11-7-5-10(6-8-11)16-13(17)15-9-12(19-2)20-3/h5-8,12H,4,9H2,1-3H3,(H2,15,16,17). The van der Waals surface area contributed by atoms with Gasteiger partial charge < -0.3 is 29.6 Å². The van der Waals surface area contributed by atoms with E-state index in [0.29, 0.717) is 11.4 Å². The van der Waals surface area contributed by atoms with Gasteiger partial charge in [0.2, 0.25) is 0 Å². The van der Waals surface area contributed by atoms with Crippen molar-refractivity contribution in [2.24, 2.45) is 0 Å². The van der Waals surface area contributed by atoms with Crippen molar-refractivity contribution in [2.75, 3.05) is 32.7 Å². The van der Waals surface area contributed by atoms with Crippen molar-refractivity contribution < 1.29 is 28.5 Å². The molecular formula is C14H20N2O6. The molecule has 0 heterocycles. The Hall–Kier alpha value is -2.32. The van der Waals surface area contributed by atoms with Gasteiger partial charge in [-0.25, -0.2) is 9.59 Å². The Labute approximate surface area is 128 Å². The Bertz CT molecular complexity index is 473. The summed E-state index contributed by atoms with van der Waals surface area (Å²) >= 11 is 0. The highest BCUT2D eigenvalue weighted by atomic mass is 16.7. The topological polar surface area (TPSA) is 95.1 Å². The third kappa shape index (κ3) is 6.42. The molecule has 0 spiro atoms. The van der Waals surface area contributed by atoms with E-state index in [0.717, 1.165) is 0 Å². The van der Waals surface area contributed by atoms with Crippen LogP contribution in [0.1, 0.15) is 6.92 Å². The number of hydrogen-bond acceptors (Lipinski definition) is 6. The highest BCUT2D eigenvalue weighted by Gasteiger charge is 2.08. The lowest BCUT2D eigenvalue weighted by atomic mass is 10.3. The van der Waals surface area contributed by atoms with Crippen LogP contribution >= 0.6 is 0 Å². The van der Waals surface area contributed by atoms with Crippen LogP contribution < -0.4 is 15.4 Å². The number of hydrogen-bond donors (Lipinski definition) is 2. The Morgan fingerprint density at radius 3 is 2.32 bits per heavy atom. The minimum Gasteiger partial charge on any atom is -0.434 e. The van der Waals surface area contributed by atoms with Crippen molar-refractivity contribution in [3.8, 4) is 5.75 Å². The predicted octanol–water partition coefficient (Wildman–Crippen LogP) is 1.96. The number of methoxy groups -OCH3 is 2. The van der Waals surface area contributed by atoms with Crippen LogP contribution in [0.25, 0.3) is 0 Å². The second-order valence-corrected chi connectivity index (χ2v) is 4.05. The Morgan fingerprint density at radius 2 is 1.77 bits per heavy atom. The molecule has 22 heavy (non-hydrogen) atoms. The molecule has 8 heteroatoms. The number of amides is 2. The lowest BCUT2D eigenvalue weighted by Crippen LogP contribution is -2.36. The maximum absolute atomic E-state index is 11.7. The Balaban J connectivity index is 2.43. The van der Waals surface area contributed by atoms with Crippen LogP contribution in [0, 0.1) is 0 Å². The van der Waals surface area contributed by atoms with Gasteiger partial charge in [-0.15, -0.1) is 0 Å². The lowest BCUT2D eigenvalue weighted by molar-refractivity contribution is -0.0970. The summed E-state index contributed by atoms with van der Waals surface area (Å²) in [5, 5.41) is 5.21. The largest absolute Gasteiger partial charge is 0.513 e. The Kier molecular flexibility index (Phi) is 7.73. The van der Waals surface area contributed by atoms with Crippen molar-refractivity contribution in [2.45, 2.75) is 13.2 Å². The molecule has 0 atom stereocenters. The normalized spacial score (nSPS) is 10.2. The van der Waals surface area contributed by atoms with Gasteiger partial charge in [-0.3, -0.25) is 0 Å². The predicted molar refractivity (Wildman–Crippen MR) is 78.9 cm³/mol. The first-order valence-corrected chi connectivity index (χ1v) is 6.64. The first-order valence-electron chi connectivity index (χ1n) is 6.64. The molecule has 1 aromatic carbocycles. The van der Waals surface area contributed by atoms with Crippen LogP contribution in [0.3, 0.4) is 0 Å². The van der Waals surface area contributed by atoms with Gasteiger partial charge in [0.1, 0.15) is 5.75 Å². The second-order valence-electron chi connectivity index (χ2n) is 4.05. The monoisotopic (exact) mass is 312 g/mol. The molecule has 0 bridgehead atoms. The molecule has 0 saturated carbocycles. The number of rotatable bonds is 7. The SMILES string of the molecule is CCOC(=O)Oc1ccc(NC(=O)NCC(OC)OC)cc1. The summed E-state index contributed by atoms with van der Waals surface area (Å²) in [7, 11) is 2.96. The number of benzene rings is 1. The van der Waals surface area contributed by atoms with Crippen molar-refractivity contribution >= 4 is 17.9 Å². The minimum absolute atomic E-state index is 0.211. The van der Waals surface area contributed by atoms with E-state index in [1.54, 1.807) is 31.2 Å². The van der Waals surface area contributed by atoms with Crippen LogP contribution in [0.15, 0.2) is 24.3 Å². The summed E-state index contributed by atoms with van der Waals surface area (Å²) in [4.78, 5) is 22.8. The van der Waals surface area contributed by atoms with Gasteiger partial charge in [-0.1, -0.05) is 0 Å². The van der Waals surface area contributed by atoms with E-state index < -0.39 is 18.5 Å². The van der Waals surface area contributed by atoms with Crippen molar-refractivity contribution in [1.82, 2.24) is 5.32 Å². The molecule has 1 aromatic rings. The first kappa shape index (κ1) is 17.7. The summed E-state index contributed by atoms with van der Waals surface area (Å²) in [5.41, 5.74) is 0.542. The molecule has 122 valence electrons. The third-order valence-electron chi connectivity index (χ3n) is 2.53. The molecule has 2 amide bonds.